The molecule has 0 radical (unpaired) electrons. The van der Waals surface area contributed by atoms with Crippen molar-refractivity contribution in [2.75, 3.05) is 5.73 Å². The van der Waals surface area contributed by atoms with Crippen LogP contribution in [-0.4, -0.2) is 17.2 Å². The lowest BCUT2D eigenvalue weighted by molar-refractivity contribution is 0.426. The van der Waals surface area contributed by atoms with E-state index >= 15 is 0 Å². The van der Waals surface area contributed by atoms with E-state index in [0.29, 0.717) is 11.2 Å². The summed E-state index contributed by atoms with van der Waals surface area (Å²) in [4.78, 5) is 0. The van der Waals surface area contributed by atoms with E-state index in [0.717, 1.165) is 26.9 Å². The van der Waals surface area contributed by atoms with Gasteiger partial charge in [-0.15, -0.1) is 0 Å². The molecule has 0 spiro atoms. The van der Waals surface area contributed by atoms with Crippen LogP contribution >= 0.6 is 0 Å². The number of nitrogen functional groups attached to an aromatic ring is 1. The Hall–Kier alpha value is -2.56. The molecule has 4 aromatic rings. The molecule has 0 saturated heterocycles. The lowest BCUT2D eigenvalue weighted by Gasteiger charge is -2.13. The van der Waals surface area contributed by atoms with E-state index in [1.165, 1.54) is 5.39 Å². The number of anilines is 1. The largest absolute Gasteiger partial charge is 0.490 e. The number of rotatable bonds is 1. The molecular formula is C18H14BNO2. The fraction of sp³-hybridized carbons (Fsp3) is 0. The molecule has 0 aromatic heterocycles. The molecule has 3 nitrogen and oxygen atoms in total. The van der Waals surface area contributed by atoms with E-state index in [4.69, 9.17) is 5.73 Å². The Morgan fingerprint density at radius 1 is 0.636 bits per heavy atom. The Kier molecular flexibility index (Phi) is 2.82. The summed E-state index contributed by atoms with van der Waals surface area (Å²) in [5.41, 5.74) is 6.73. The van der Waals surface area contributed by atoms with Crippen molar-refractivity contribution >= 4 is 50.6 Å². The van der Waals surface area contributed by atoms with Crippen LogP contribution in [0.25, 0.3) is 32.3 Å². The van der Waals surface area contributed by atoms with Crippen molar-refractivity contribution in [1.29, 1.82) is 0 Å². The van der Waals surface area contributed by atoms with Gasteiger partial charge in [0.1, 0.15) is 0 Å². The Morgan fingerprint density at radius 2 is 1.05 bits per heavy atom. The van der Waals surface area contributed by atoms with Gasteiger partial charge >= 0.3 is 7.12 Å². The predicted molar refractivity (Wildman–Crippen MR) is 93.2 cm³/mol. The first kappa shape index (κ1) is 13.1. The number of hydrogen-bond donors (Lipinski definition) is 3. The molecule has 0 aliphatic rings. The second-order valence-corrected chi connectivity index (χ2v) is 5.49. The molecule has 4 rings (SSSR count). The van der Waals surface area contributed by atoms with Crippen LogP contribution in [0.5, 0.6) is 0 Å². The highest BCUT2D eigenvalue weighted by Gasteiger charge is 2.17. The number of hydrogen-bond acceptors (Lipinski definition) is 3. The Balaban J connectivity index is 2.32. The lowest BCUT2D eigenvalue weighted by Crippen LogP contribution is -2.32. The van der Waals surface area contributed by atoms with Crippen LogP contribution in [0.4, 0.5) is 5.69 Å². The third-order valence-corrected chi connectivity index (χ3v) is 4.23. The molecule has 4 N–H and O–H groups in total. The SMILES string of the molecule is Nc1cc2c3ccccc3c3ccccc3c2cc1B(O)O. The van der Waals surface area contributed by atoms with Gasteiger partial charge in [-0.3, -0.25) is 0 Å². The monoisotopic (exact) mass is 287 g/mol. The average Bonchev–Trinajstić information content (AvgIpc) is 2.54. The van der Waals surface area contributed by atoms with Gasteiger partial charge in [-0.1, -0.05) is 54.6 Å². The van der Waals surface area contributed by atoms with Gasteiger partial charge in [0, 0.05) is 11.2 Å². The van der Waals surface area contributed by atoms with Gasteiger partial charge in [0.2, 0.25) is 0 Å². The first-order valence-electron chi connectivity index (χ1n) is 7.15. The molecule has 0 saturated carbocycles. The summed E-state index contributed by atoms with van der Waals surface area (Å²) in [6, 6.07) is 19.9. The van der Waals surface area contributed by atoms with Crippen LogP contribution < -0.4 is 11.2 Å². The van der Waals surface area contributed by atoms with Crippen LogP contribution in [0.1, 0.15) is 0 Å². The molecule has 0 heterocycles. The average molecular weight is 287 g/mol. The molecular weight excluding hydrogens is 273 g/mol. The van der Waals surface area contributed by atoms with Crippen LogP contribution in [0.15, 0.2) is 60.7 Å². The third kappa shape index (κ3) is 1.78. The Bertz CT molecular complexity index is 1030. The topological polar surface area (TPSA) is 66.5 Å². The molecule has 106 valence electrons. The molecule has 0 amide bonds. The van der Waals surface area contributed by atoms with Gasteiger partial charge in [-0.05, 0) is 38.4 Å². The molecule has 22 heavy (non-hydrogen) atoms. The fourth-order valence-corrected chi connectivity index (χ4v) is 3.21. The summed E-state index contributed by atoms with van der Waals surface area (Å²) < 4.78 is 0. The number of fused-ring (bicyclic) bond motifs is 6. The van der Waals surface area contributed by atoms with Crippen LogP contribution in [0.3, 0.4) is 0 Å². The second kappa shape index (κ2) is 4.73. The summed E-state index contributed by atoms with van der Waals surface area (Å²) >= 11 is 0. The van der Waals surface area contributed by atoms with Gasteiger partial charge in [-0.2, -0.15) is 0 Å². The third-order valence-electron chi connectivity index (χ3n) is 4.23. The van der Waals surface area contributed by atoms with Crippen LogP contribution in [-0.2, 0) is 0 Å². The first-order valence-corrected chi connectivity index (χ1v) is 7.15. The number of nitrogens with two attached hydrogens (primary N) is 1. The van der Waals surface area contributed by atoms with E-state index < -0.39 is 7.12 Å². The fourth-order valence-electron chi connectivity index (χ4n) is 3.21. The summed E-state index contributed by atoms with van der Waals surface area (Å²) in [5.74, 6) is 0. The molecule has 4 aromatic carbocycles. The highest BCUT2D eigenvalue weighted by atomic mass is 16.4. The quantitative estimate of drug-likeness (QED) is 0.286. The zero-order valence-corrected chi connectivity index (χ0v) is 11.8. The van der Waals surface area contributed by atoms with E-state index in [2.05, 4.69) is 18.2 Å². The maximum Gasteiger partial charge on any atom is 0.490 e. The minimum Gasteiger partial charge on any atom is -0.423 e. The van der Waals surface area contributed by atoms with Crippen LogP contribution in [0.2, 0.25) is 0 Å². The normalized spacial score (nSPS) is 11.4. The highest BCUT2D eigenvalue weighted by Crippen LogP contribution is 2.35. The zero-order valence-electron chi connectivity index (χ0n) is 11.8. The molecule has 0 aliphatic heterocycles. The van der Waals surface area contributed by atoms with Crippen molar-refractivity contribution in [3.8, 4) is 0 Å². The molecule has 0 atom stereocenters. The van der Waals surface area contributed by atoms with Crippen molar-refractivity contribution in [2.45, 2.75) is 0 Å². The molecule has 0 bridgehead atoms. The molecule has 0 fully saturated rings. The summed E-state index contributed by atoms with van der Waals surface area (Å²) in [5, 5.41) is 25.6. The predicted octanol–water partition coefficient (Wildman–Crippen LogP) is 2.41. The van der Waals surface area contributed by atoms with Gasteiger partial charge in [0.05, 0.1) is 0 Å². The van der Waals surface area contributed by atoms with E-state index in [-0.39, 0.29) is 0 Å². The molecule has 4 heteroatoms. The Morgan fingerprint density at radius 3 is 1.50 bits per heavy atom. The smallest absolute Gasteiger partial charge is 0.423 e. The van der Waals surface area contributed by atoms with Crippen molar-refractivity contribution in [1.82, 2.24) is 0 Å². The molecule has 0 unspecified atom stereocenters. The summed E-state index contributed by atoms with van der Waals surface area (Å²) in [7, 11) is -1.57. The summed E-state index contributed by atoms with van der Waals surface area (Å²) in [6.07, 6.45) is 0. The van der Waals surface area contributed by atoms with E-state index in [1.54, 1.807) is 6.07 Å². The van der Waals surface area contributed by atoms with E-state index in [1.807, 2.05) is 36.4 Å². The van der Waals surface area contributed by atoms with Crippen molar-refractivity contribution in [2.24, 2.45) is 0 Å². The van der Waals surface area contributed by atoms with Crippen molar-refractivity contribution in [3.05, 3.63) is 60.7 Å². The van der Waals surface area contributed by atoms with Gasteiger partial charge in [-0.25, -0.2) is 0 Å². The maximum atomic E-state index is 9.52. The van der Waals surface area contributed by atoms with Gasteiger partial charge in [0.25, 0.3) is 0 Å². The highest BCUT2D eigenvalue weighted by molar-refractivity contribution is 6.61. The second-order valence-electron chi connectivity index (χ2n) is 5.49. The lowest BCUT2D eigenvalue weighted by atomic mass is 9.77. The van der Waals surface area contributed by atoms with Crippen molar-refractivity contribution < 1.29 is 10.0 Å². The van der Waals surface area contributed by atoms with Gasteiger partial charge < -0.3 is 15.8 Å². The Labute approximate surface area is 127 Å². The first-order chi connectivity index (χ1) is 10.7. The minimum absolute atomic E-state index is 0.341. The number of benzene rings is 4. The van der Waals surface area contributed by atoms with Crippen molar-refractivity contribution in [3.63, 3.8) is 0 Å². The standard InChI is InChI=1S/C18H14BNO2/c20-18-10-16-14-8-4-2-6-12(14)11-5-1-3-7-13(11)15(16)9-17(18)19(21)22/h1-10,21-22H,20H2. The maximum absolute atomic E-state index is 9.52. The molecule has 0 aliphatic carbocycles. The zero-order chi connectivity index (χ0) is 15.3. The van der Waals surface area contributed by atoms with Gasteiger partial charge in [0.15, 0.2) is 0 Å². The van der Waals surface area contributed by atoms with Crippen LogP contribution in [0, 0.1) is 0 Å². The van der Waals surface area contributed by atoms with E-state index in [9.17, 15) is 10.0 Å². The minimum atomic E-state index is -1.57. The summed E-state index contributed by atoms with van der Waals surface area (Å²) in [6.45, 7) is 0.